The number of hydrogen-bond acceptors (Lipinski definition) is 4. The molecule has 1 unspecified atom stereocenters. The smallest absolute Gasteiger partial charge is 0.0947 e. The number of thiazole rings is 1. The van der Waals surface area contributed by atoms with E-state index in [1.165, 1.54) is 10.6 Å². The molecule has 2 heterocycles. The molecule has 0 aliphatic heterocycles. The van der Waals surface area contributed by atoms with E-state index in [2.05, 4.69) is 39.7 Å². The van der Waals surface area contributed by atoms with Crippen LogP contribution in [0.2, 0.25) is 0 Å². The van der Waals surface area contributed by atoms with Gasteiger partial charge < -0.3 is 5.32 Å². The van der Waals surface area contributed by atoms with Crippen LogP contribution >= 0.6 is 11.3 Å². The fraction of sp³-hybridized carbons (Fsp3) is 0.429. The van der Waals surface area contributed by atoms with Gasteiger partial charge in [-0.2, -0.15) is 0 Å². The van der Waals surface area contributed by atoms with E-state index in [4.69, 9.17) is 0 Å². The Labute approximate surface area is 112 Å². The van der Waals surface area contributed by atoms with Crippen molar-refractivity contribution in [3.8, 4) is 0 Å². The molecule has 0 saturated carbocycles. The number of nitrogens with one attached hydrogen (secondary N) is 1. The summed E-state index contributed by atoms with van der Waals surface area (Å²) in [4.78, 5) is 9.06. The van der Waals surface area contributed by atoms with Crippen LogP contribution in [0.25, 0.3) is 0 Å². The Morgan fingerprint density at radius 2 is 1.94 bits per heavy atom. The largest absolute Gasteiger partial charge is 0.313 e. The molecular weight excluding hydrogens is 242 g/mol. The van der Waals surface area contributed by atoms with Crippen molar-refractivity contribution in [1.82, 2.24) is 15.3 Å². The molecule has 4 heteroatoms. The first kappa shape index (κ1) is 13.2. The number of pyridine rings is 1. The first-order chi connectivity index (χ1) is 8.60. The predicted molar refractivity (Wildman–Crippen MR) is 76.1 cm³/mol. The van der Waals surface area contributed by atoms with Crippen molar-refractivity contribution >= 4 is 11.3 Å². The van der Waals surface area contributed by atoms with Crippen molar-refractivity contribution in [3.05, 3.63) is 45.2 Å². The van der Waals surface area contributed by atoms with Crippen LogP contribution in [-0.4, -0.2) is 17.0 Å². The average molecular weight is 261 g/mol. The lowest BCUT2D eigenvalue weighted by Crippen LogP contribution is -2.20. The lowest BCUT2D eigenvalue weighted by molar-refractivity contribution is 0.583. The van der Waals surface area contributed by atoms with E-state index in [1.807, 2.05) is 20.9 Å². The summed E-state index contributed by atoms with van der Waals surface area (Å²) >= 11 is 1.73. The van der Waals surface area contributed by atoms with E-state index >= 15 is 0 Å². The number of aromatic nitrogens is 2. The average Bonchev–Trinajstić information content (AvgIpc) is 2.72. The third-order valence-corrected chi connectivity index (χ3v) is 4.02. The zero-order valence-electron chi connectivity index (χ0n) is 11.3. The molecule has 1 atom stereocenters. The van der Waals surface area contributed by atoms with Gasteiger partial charge in [0.15, 0.2) is 0 Å². The maximum absolute atomic E-state index is 4.53. The molecule has 0 spiro atoms. The summed E-state index contributed by atoms with van der Waals surface area (Å²) in [5.74, 6) is 0. The maximum atomic E-state index is 4.53. The summed E-state index contributed by atoms with van der Waals surface area (Å²) in [6.45, 7) is 6.13. The number of nitrogens with zero attached hydrogens (tertiary/aromatic N) is 2. The van der Waals surface area contributed by atoms with E-state index in [1.54, 1.807) is 11.3 Å². The van der Waals surface area contributed by atoms with Gasteiger partial charge in [0.25, 0.3) is 0 Å². The Balaban J connectivity index is 2.22. The summed E-state index contributed by atoms with van der Waals surface area (Å²) < 4.78 is 0. The summed E-state index contributed by atoms with van der Waals surface area (Å²) in [6.07, 6.45) is 0.917. The molecule has 0 aromatic carbocycles. The zero-order chi connectivity index (χ0) is 13.1. The molecule has 0 aliphatic rings. The molecule has 0 amide bonds. The van der Waals surface area contributed by atoms with Crippen molar-refractivity contribution in [2.45, 2.75) is 33.2 Å². The Hall–Kier alpha value is -1.26. The Morgan fingerprint density at radius 1 is 1.17 bits per heavy atom. The Kier molecular flexibility index (Phi) is 4.09. The molecule has 0 saturated heterocycles. The lowest BCUT2D eigenvalue weighted by Gasteiger charge is -2.17. The molecule has 0 bridgehead atoms. The predicted octanol–water partition coefficient (Wildman–Crippen LogP) is 2.97. The second kappa shape index (κ2) is 5.59. The quantitative estimate of drug-likeness (QED) is 0.919. The van der Waals surface area contributed by atoms with Crippen molar-refractivity contribution < 1.29 is 0 Å². The minimum atomic E-state index is 0.281. The molecule has 0 fully saturated rings. The number of rotatable bonds is 4. The summed E-state index contributed by atoms with van der Waals surface area (Å²) in [5, 5.41) is 6.64. The molecule has 0 radical (unpaired) electrons. The van der Waals surface area contributed by atoms with Gasteiger partial charge in [0.2, 0.25) is 0 Å². The van der Waals surface area contributed by atoms with E-state index in [-0.39, 0.29) is 6.04 Å². The SMILES string of the molecule is CNC(Cc1nc(C)cs1)c1ccc(C)nc1C. The van der Waals surface area contributed by atoms with Gasteiger partial charge in [-0.25, -0.2) is 4.98 Å². The monoisotopic (exact) mass is 261 g/mol. The fourth-order valence-corrected chi connectivity index (χ4v) is 2.92. The van der Waals surface area contributed by atoms with Crippen LogP contribution in [0.15, 0.2) is 17.5 Å². The number of aryl methyl sites for hydroxylation is 3. The van der Waals surface area contributed by atoms with Crippen molar-refractivity contribution in [2.75, 3.05) is 7.05 Å². The van der Waals surface area contributed by atoms with Gasteiger partial charge in [-0.05, 0) is 39.4 Å². The normalized spacial score (nSPS) is 12.7. The molecule has 0 aliphatic carbocycles. The highest BCUT2D eigenvalue weighted by Crippen LogP contribution is 2.22. The number of likely N-dealkylation sites (N-methyl/N-ethyl adjacent to an activating group) is 1. The maximum Gasteiger partial charge on any atom is 0.0947 e. The lowest BCUT2D eigenvalue weighted by atomic mass is 10.0. The van der Waals surface area contributed by atoms with Gasteiger partial charge in [0.05, 0.1) is 5.01 Å². The topological polar surface area (TPSA) is 37.8 Å². The second-order valence-corrected chi connectivity index (χ2v) is 5.50. The van der Waals surface area contributed by atoms with E-state index in [0.717, 1.165) is 23.5 Å². The highest BCUT2D eigenvalue weighted by Gasteiger charge is 2.15. The molecule has 1 N–H and O–H groups in total. The third-order valence-electron chi connectivity index (χ3n) is 3.04. The molecule has 2 rings (SSSR count). The first-order valence-electron chi connectivity index (χ1n) is 6.12. The van der Waals surface area contributed by atoms with Crippen LogP contribution in [0.4, 0.5) is 0 Å². The second-order valence-electron chi connectivity index (χ2n) is 4.56. The van der Waals surface area contributed by atoms with Gasteiger partial charge in [-0.1, -0.05) is 6.07 Å². The van der Waals surface area contributed by atoms with Crippen LogP contribution in [-0.2, 0) is 6.42 Å². The van der Waals surface area contributed by atoms with Crippen LogP contribution < -0.4 is 5.32 Å². The van der Waals surface area contributed by atoms with Crippen molar-refractivity contribution in [3.63, 3.8) is 0 Å². The Morgan fingerprint density at radius 3 is 2.50 bits per heavy atom. The third kappa shape index (κ3) is 2.94. The van der Waals surface area contributed by atoms with Crippen LogP contribution in [0.3, 0.4) is 0 Å². The van der Waals surface area contributed by atoms with Crippen molar-refractivity contribution in [2.24, 2.45) is 0 Å². The van der Waals surface area contributed by atoms with E-state index < -0.39 is 0 Å². The van der Waals surface area contributed by atoms with Gasteiger partial charge in [0.1, 0.15) is 0 Å². The highest BCUT2D eigenvalue weighted by atomic mass is 32.1. The molecule has 96 valence electrons. The van der Waals surface area contributed by atoms with Crippen molar-refractivity contribution in [1.29, 1.82) is 0 Å². The summed E-state index contributed by atoms with van der Waals surface area (Å²) in [7, 11) is 1.99. The minimum absolute atomic E-state index is 0.281. The summed E-state index contributed by atoms with van der Waals surface area (Å²) in [6, 6.07) is 4.52. The van der Waals surface area contributed by atoms with Gasteiger partial charge in [-0.3, -0.25) is 4.98 Å². The van der Waals surface area contributed by atoms with Crippen LogP contribution in [0.5, 0.6) is 0 Å². The molecule has 18 heavy (non-hydrogen) atoms. The van der Waals surface area contributed by atoms with E-state index in [9.17, 15) is 0 Å². The fourth-order valence-electron chi connectivity index (χ4n) is 2.10. The van der Waals surface area contributed by atoms with Gasteiger partial charge in [0, 0.05) is 34.9 Å². The summed E-state index contributed by atoms with van der Waals surface area (Å²) in [5.41, 5.74) is 4.53. The van der Waals surface area contributed by atoms with Crippen LogP contribution in [0, 0.1) is 20.8 Å². The number of hydrogen-bond donors (Lipinski definition) is 1. The highest BCUT2D eigenvalue weighted by molar-refractivity contribution is 7.09. The van der Waals surface area contributed by atoms with Gasteiger partial charge in [-0.15, -0.1) is 11.3 Å². The molecule has 2 aromatic rings. The van der Waals surface area contributed by atoms with E-state index in [0.29, 0.717) is 0 Å². The first-order valence-corrected chi connectivity index (χ1v) is 7.00. The standard InChI is InChI=1S/C14H19N3S/c1-9-5-6-12(11(3)16-9)13(15-4)7-14-17-10(2)8-18-14/h5-6,8,13,15H,7H2,1-4H3. The molecule has 2 aromatic heterocycles. The van der Waals surface area contributed by atoms with Gasteiger partial charge >= 0.3 is 0 Å². The van der Waals surface area contributed by atoms with Crippen LogP contribution in [0.1, 0.15) is 33.7 Å². The minimum Gasteiger partial charge on any atom is -0.313 e. The molecule has 3 nitrogen and oxygen atoms in total. The Bertz CT molecular complexity index is 534. The molecular formula is C14H19N3S. The zero-order valence-corrected chi connectivity index (χ0v) is 12.1.